The summed E-state index contributed by atoms with van der Waals surface area (Å²) in [4.78, 5) is 29.0. The summed E-state index contributed by atoms with van der Waals surface area (Å²) >= 11 is 2.71. The number of carbonyl (C=O) groups excluding carboxylic acids is 2. The molecule has 0 saturated carbocycles. The number of aliphatic hydroxyl groups excluding tert-OH is 1. The van der Waals surface area contributed by atoms with Crippen molar-refractivity contribution in [1.82, 2.24) is 10.2 Å². The Morgan fingerprint density at radius 3 is 2.65 bits per heavy atom. The Morgan fingerprint density at radius 1 is 1.09 bits per heavy atom. The fourth-order valence-electron chi connectivity index (χ4n) is 4.92. The SMILES string of the molecule is CCOc1cccc(C2C(C(=O)c3cc4cccc(OC)c4o3)=C(O)C(=O)N2c2nnc(SCc3ccc(C)cc3)s2)c1. The van der Waals surface area contributed by atoms with Gasteiger partial charge in [-0.1, -0.05) is 77.2 Å². The van der Waals surface area contributed by atoms with Crippen LogP contribution in [0.5, 0.6) is 11.5 Å². The molecule has 0 fully saturated rings. The van der Waals surface area contributed by atoms with Gasteiger partial charge in [0.05, 0.1) is 25.3 Å². The molecule has 2 aromatic heterocycles. The van der Waals surface area contributed by atoms with Crippen molar-refractivity contribution in [3.63, 3.8) is 0 Å². The van der Waals surface area contributed by atoms with E-state index in [1.54, 1.807) is 48.5 Å². The van der Waals surface area contributed by atoms with Gasteiger partial charge in [-0.15, -0.1) is 10.2 Å². The standard InChI is InChI=1S/C32H27N3O6S2/c1-4-40-22-9-5-7-20(15-22)26-25(27(36)24-16-21-8-6-10-23(39-3)29(21)41-24)28(37)30(38)35(26)31-33-34-32(43-31)42-17-19-13-11-18(2)12-14-19/h5-16,26,37H,4,17H2,1-3H3. The van der Waals surface area contributed by atoms with E-state index in [9.17, 15) is 14.7 Å². The second kappa shape index (κ2) is 11.9. The number of fused-ring (bicyclic) bond motifs is 1. The summed E-state index contributed by atoms with van der Waals surface area (Å²) < 4.78 is 17.7. The summed E-state index contributed by atoms with van der Waals surface area (Å²) in [6.45, 7) is 4.34. The van der Waals surface area contributed by atoms with E-state index in [1.165, 1.54) is 40.7 Å². The molecule has 9 nitrogen and oxygen atoms in total. The number of nitrogens with zero attached hydrogens (tertiary/aromatic N) is 3. The first-order valence-corrected chi connectivity index (χ1v) is 15.3. The molecule has 6 rings (SSSR count). The van der Waals surface area contributed by atoms with Gasteiger partial charge in [0, 0.05) is 11.1 Å². The number of anilines is 1. The summed E-state index contributed by atoms with van der Waals surface area (Å²) in [6.07, 6.45) is 0. The van der Waals surface area contributed by atoms with Crippen LogP contribution in [0.1, 0.15) is 40.2 Å². The lowest BCUT2D eigenvalue weighted by Gasteiger charge is -2.24. The molecular formula is C32H27N3O6S2. The monoisotopic (exact) mass is 613 g/mol. The van der Waals surface area contributed by atoms with E-state index in [0.717, 1.165) is 5.56 Å². The third-order valence-electron chi connectivity index (χ3n) is 6.97. The average molecular weight is 614 g/mol. The van der Waals surface area contributed by atoms with Gasteiger partial charge in [-0.25, -0.2) is 0 Å². The van der Waals surface area contributed by atoms with Crippen LogP contribution in [0.15, 0.2) is 92.9 Å². The lowest BCUT2D eigenvalue weighted by molar-refractivity contribution is -0.117. The highest BCUT2D eigenvalue weighted by molar-refractivity contribution is 8.00. The summed E-state index contributed by atoms with van der Waals surface area (Å²) in [5.74, 6) is -0.394. The molecule has 0 aliphatic carbocycles. The number of aryl methyl sites for hydroxylation is 1. The number of rotatable bonds is 10. The van der Waals surface area contributed by atoms with Gasteiger partial charge in [-0.2, -0.15) is 0 Å². The minimum atomic E-state index is -1.00. The third-order valence-corrected chi connectivity index (χ3v) is 9.10. The first-order valence-electron chi connectivity index (χ1n) is 13.5. The molecule has 3 heterocycles. The van der Waals surface area contributed by atoms with E-state index in [0.29, 0.717) is 44.7 Å². The van der Waals surface area contributed by atoms with Gasteiger partial charge in [-0.3, -0.25) is 14.5 Å². The number of aliphatic hydroxyl groups is 1. The number of hydrogen-bond acceptors (Lipinski definition) is 10. The molecule has 5 aromatic rings. The number of thioether (sulfide) groups is 1. The highest BCUT2D eigenvalue weighted by atomic mass is 32.2. The summed E-state index contributed by atoms with van der Waals surface area (Å²) in [6, 6.07) is 21.2. The number of aromatic nitrogens is 2. The molecule has 218 valence electrons. The van der Waals surface area contributed by atoms with Crippen molar-refractivity contribution >= 4 is 50.9 Å². The van der Waals surface area contributed by atoms with Gasteiger partial charge < -0.3 is 19.0 Å². The maximum atomic E-state index is 14.0. The number of amides is 1. The number of ether oxygens (including phenoxy) is 2. The van der Waals surface area contributed by atoms with Crippen molar-refractivity contribution < 1.29 is 28.6 Å². The smallest absolute Gasteiger partial charge is 0.296 e. The van der Waals surface area contributed by atoms with E-state index < -0.39 is 23.5 Å². The van der Waals surface area contributed by atoms with Gasteiger partial charge in [0.1, 0.15) is 5.75 Å². The normalized spacial score (nSPS) is 15.0. The van der Waals surface area contributed by atoms with Crippen LogP contribution < -0.4 is 14.4 Å². The van der Waals surface area contributed by atoms with Gasteiger partial charge in [-0.05, 0) is 49.2 Å². The lowest BCUT2D eigenvalue weighted by atomic mass is 9.95. The quantitative estimate of drug-likeness (QED) is 0.100. The number of furan rings is 1. The predicted octanol–water partition coefficient (Wildman–Crippen LogP) is 7.08. The highest BCUT2D eigenvalue weighted by Crippen LogP contribution is 2.45. The molecule has 3 aromatic carbocycles. The number of benzene rings is 3. The zero-order valence-corrected chi connectivity index (χ0v) is 25.2. The van der Waals surface area contributed by atoms with Crippen LogP contribution in [0.2, 0.25) is 0 Å². The first-order chi connectivity index (χ1) is 20.9. The van der Waals surface area contributed by atoms with Gasteiger partial charge >= 0.3 is 0 Å². The van der Waals surface area contributed by atoms with Crippen molar-refractivity contribution in [2.75, 3.05) is 18.6 Å². The van der Waals surface area contributed by atoms with E-state index in [-0.39, 0.29) is 16.5 Å². The molecule has 0 radical (unpaired) electrons. The number of para-hydroxylation sites is 1. The van der Waals surface area contributed by atoms with Gasteiger partial charge in [0.25, 0.3) is 5.91 Å². The van der Waals surface area contributed by atoms with Crippen molar-refractivity contribution in [3.05, 3.63) is 107 Å². The fourth-order valence-corrected chi connectivity index (χ4v) is 6.74. The Hall–Kier alpha value is -4.61. The number of carbonyl (C=O) groups is 2. The molecule has 11 heteroatoms. The summed E-state index contributed by atoms with van der Waals surface area (Å²) in [7, 11) is 1.51. The number of hydrogen-bond donors (Lipinski definition) is 1. The molecule has 1 unspecified atom stereocenters. The van der Waals surface area contributed by atoms with Crippen molar-refractivity contribution in [3.8, 4) is 11.5 Å². The van der Waals surface area contributed by atoms with Crippen molar-refractivity contribution in [2.24, 2.45) is 0 Å². The minimum absolute atomic E-state index is 0.0340. The van der Waals surface area contributed by atoms with E-state index in [4.69, 9.17) is 13.9 Å². The van der Waals surface area contributed by atoms with Crippen LogP contribution in [0, 0.1) is 6.92 Å². The van der Waals surface area contributed by atoms with Crippen LogP contribution >= 0.6 is 23.1 Å². The van der Waals surface area contributed by atoms with Crippen molar-refractivity contribution in [1.29, 1.82) is 0 Å². The average Bonchev–Trinajstić information content (AvgIpc) is 3.73. The largest absolute Gasteiger partial charge is 0.503 e. The third kappa shape index (κ3) is 5.49. The zero-order valence-electron chi connectivity index (χ0n) is 23.6. The number of methoxy groups -OCH3 is 1. The predicted molar refractivity (Wildman–Crippen MR) is 165 cm³/mol. The fraction of sp³-hybridized carbons (Fsp3) is 0.188. The molecule has 1 atom stereocenters. The van der Waals surface area contributed by atoms with E-state index in [2.05, 4.69) is 34.5 Å². The molecule has 0 bridgehead atoms. The molecule has 0 spiro atoms. The van der Waals surface area contributed by atoms with Crippen molar-refractivity contribution in [2.45, 2.75) is 30.0 Å². The van der Waals surface area contributed by atoms with Gasteiger partial charge in [0.2, 0.25) is 10.9 Å². The Kier molecular flexibility index (Phi) is 7.92. The van der Waals surface area contributed by atoms with Crippen LogP contribution in [0.25, 0.3) is 11.0 Å². The highest BCUT2D eigenvalue weighted by Gasteiger charge is 2.47. The van der Waals surface area contributed by atoms with E-state index in [1.807, 2.05) is 13.8 Å². The maximum Gasteiger partial charge on any atom is 0.296 e. The zero-order chi connectivity index (χ0) is 30.1. The molecule has 1 N–H and O–H groups in total. The Balaban J connectivity index is 1.38. The maximum absolute atomic E-state index is 14.0. The number of Topliss-reactive ketones (excluding diaryl/α,β-unsaturated/α-hetero) is 1. The molecule has 1 aliphatic rings. The summed E-state index contributed by atoms with van der Waals surface area (Å²) in [5.41, 5.74) is 3.14. The Morgan fingerprint density at radius 2 is 1.88 bits per heavy atom. The Labute approximate surface area is 255 Å². The molecule has 0 saturated heterocycles. The van der Waals surface area contributed by atoms with E-state index >= 15 is 0 Å². The molecule has 43 heavy (non-hydrogen) atoms. The lowest BCUT2D eigenvalue weighted by Crippen LogP contribution is -2.31. The second-order valence-electron chi connectivity index (χ2n) is 9.79. The van der Waals surface area contributed by atoms with Gasteiger partial charge in [0.15, 0.2) is 27.2 Å². The summed E-state index contributed by atoms with van der Waals surface area (Å²) in [5, 5.41) is 20.7. The molecule has 1 aliphatic heterocycles. The van der Waals surface area contributed by atoms with Crippen LogP contribution in [-0.2, 0) is 10.5 Å². The van der Waals surface area contributed by atoms with Crippen LogP contribution in [0.3, 0.4) is 0 Å². The van der Waals surface area contributed by atoms with Crippen LogP contribution in [-0.4, -0.2) is 40.7 Å². The number of ketones is 1. The minimum Gasteiger partial charge on any atom is -0.503 e. The second-order valence-corrected chi connectivity index (χ2v) is 12.0. The Bertz CT molecular complexity index is 1860. The first kappa shape index (κ1) is 28.5. The molecular weight excluding hydrogens is 587 g/mol. The molecule has 1 amide bonds. The van der Waals surface area contributed by atoms with Crippen LogP contribution in [0.4, 0.5) is 5.13 Å². The topological polar surface area (TPSA) is 115 Å².